The van der Waals surface area contributed by atoms with E-state index in [1.165, 1.54) is 12.1 Å². The van der Waals surface area contributed by atoms with Gasteiger partial charge in [0.25, 0.3) is 0 Å². The molecule has 0 aliphatic carbocycles. The summed E-state index contributed by atoms with van der Waals surface area (Å²) in [6.45, 7) is 0. The number of benzene rings is 2. The van der Waals surface area contributed by atoms with E-state index in [9.17, 15) is 4.79 Å². The first kappa shape index (κ1) is 12.7. The van der Waals surface area contributed by atoms with Crippen LogP contribution in [0, 0.1) is 11.3 Å². The molecule has 94 valence electrons. The van der Waals surface area contributed by atoms with Crippen LogP contribution in [0.2, 0.25) is 0 Å². The molecule has 0 spiro atoms. The lowest BCUT2D eigenvalue weighted by Gasteiger charge is -2.13. The number of nitrogens with zero attached hydrogens (tertiary/aromatic N) is 1. The monoisotopic (exact) mass is 253 g/mol. The molecule has 4 nitrogen and oxygen atoms in total. The normalized spacial score (nSPS) is 11.3. The van der Waals surface area contributed by atoms with Crippen molar-refractivity contribution in [3.8, 4) is 17.6 Å². The minimum atomic E-state index is -0.739. The van der Waals surface area contributed by atoms with E-state index in [4.69, 9.17) is 15.1 Å². The molecule has 0 amide bonds. The lowest BCUT2D eigenvalue weighted by atomic mass is 10.1. The zero-order valence-corrected chi connectivity index (χ0v) is 9.98. The van der Waals surface area contributed by atoms with Crippen molar-refractivity contribution in [1.82, 2.24) is 0 Å². The highest BCUT2D eigenvalue weighted by Gasteiger charge is 2.12. The van der Waals surface area contributed by atoms with Crippen molar-refractivity contribution in [2.75, 3.05) is 0 Å². The number of phenols is 1. The summed E-state index contributed by atoms with van der Waals surface area (Å²) in [6.07, 6.45) is -0.0499. The van der Waals surface area contributed by atoms with Crippen LogP contribution in [-0.4, -0.2) is 11.4 Å². The first-order chi connectivity index (χ1) is 9.22. The highest BCUT2D eigenvalue weighted by atomic mass is 16.5. The van der Waals surface area contributed by atoms with Gasteiger partial charge in [-0.25, -0.2) is 0 Å². The van der Waals surface area contributed by atoms with Gasteiger partial charge >= 0.3 is 0 Å². The number of aldehydes is 1. The van der Waals surface area contributed by atoms with Crippen molar-refractivity contribution in [2.24, 2.45) is 0 Å². The third-order valence-corrected chi connectivity index (χ3v) is 2.59. The Hall–Kier alpha value is -2.80. The zero-order valence-electron chi connectivity index (χ0n) is 9.98. The number of rotatable bonds is 4. The van der Waals surface area contributed by atoms with Gasteiger partial charge in [0.05, 0.1) is 11.6 Å². The van der Waals surface area contributed by atoms with Gasteiger partial charge in [0, 0.05) is 0 Å². The maximum Gasteiger partial charge on any atom is 0.179 e. The molecule has 0 radical (unpaired) electrons. The standard InChI is InChI=1S/C15H11NO3/c16-9-11-1-3-12(4-2-11)15(10-17)19-14-7-5-13(18)6-8-14/h1-8,10,15,18H. The fourth-order valence-corrected chi connectivity index (χ4v) is 1.59. The van der Waals surface area contributed by atoms with E-state index in [-0.39, 0.29) is 5.75 Å². The van der Waals surface area contributed by atoms with Crippen LogP contribution in [0.15, 0.2) is 48.5 Å². The molecular formula is C15H11NO3. The average Bonchev–Trinajstić information content (AvgIpc) is 2.47. The molecule has 0 aliphatic rings. The third kappa shape index (κ3) is 3.11. The van der Waals surface area contributed by atoms with Gasteiger partial charge in [0.15, 0.2) is 12.4 Å². The van der Waals surface area contributed by atoms with Gasteiger partial charge in [-0.3, -0.25) is 4.79 Å². The van der Waals surface area contributed by atoms with E-state index in [0.717, 1.165) is 0 Å². The molecule has 0 bridgehead atoms. The van der Waals surface area contributed by atoms with Gasteiger partial charge in [-0.1, -0.05) is 12.1 Å². The number of carbonyl (C=O) groups excluding carboxylic acids is 1. The first-order valence-corrected chi connectivity index (χ1v) is 5.64. The first-order valence-electron chi connectivity index (χ1n) is 5.64. The summed E-state index contributed by atoms with van der Waals surface area (Å²) in [4.78, 5) is 11.1. The van der Waals surface area contributed by atoms with Gasteiger partial charge in [-0.2, -0.15) is 5.26 Å². The summed E-state index contributed by atoms with van der Waals surface area (Å²) >= 11 is 0. The SMILES string of the molecule is N#Cc1ccc(C(C=O)Oc2ccc(O)cc2)cc1. The van der Waals surface area contributed by atoms with Crippen LogP contribution >= 0.6 is 0 Å². The summed E-state index contributed by atoms with van der Waals surface area (Å²) in [5.41, 5.74) is 1.19. The smallest absolute Gasteiger partial charge is 0.179 e. The van der Waals surface area contributed by atoms with Crippen LogP contribution in [0.25, 0.3) is 0 Å². The van der Waals surface area contributed by atoms with E-state index in [2.05, 4.69) is 0 Å². The molecule has 1 unspecified atom stereocenters. The van der Waals surface area contributed by atoms with E-state index in [1.54, 1.807) is 36.4 Å². The lowest BCUT2D eigenvalue weighted by molar-refractivity contribution is -0.113. The summed E-state index contributed by atoms with van der Waals surface area (Å²) < 4.78 is 5.52. The van der Waals surface area contributed by atoms with E-state index < -0.39 is 6.10 Å². The van der Waals surface area contributed by atoms with Crippen LogP contribution in [0.4, 0.5) is 0 Å². The van der Waals surface area contributed by atoms with Crippen LogP contribution < -0.4 is 4.74 Å². The Labute approximate surface area is 110 Å². The van der Waals surface area contributed by atoms with Gasteiger partial charge in [0.2, 0.25) is 0 Å². The highest BCUT2D eigenvalue weighted by molar-refractivity contribution is 5.61. The quantitative estimate of drug-likeness (QED) is 0.850. The lowest BCUT2D eigenvalue weighted by Crippen LogP contribution is -2.08. The fourth-order valence-electron chi connectivity index (χ4n) is 1.59. The van der Waals surface area contributed by atoms with Crippen molar-refractivity contribution in [2.45, 2.75) is 6.10 Å². The number of aromatic hydroxyl groups is 1. The molecular weight excluding hydrogens is 242 g/mol. The van der Waals surface area contributed by atoms with Crippen molar-refractivity contribution < 1.29 is 14.6 Å². The zero-order chi connectivity index (χ0) is 13.7. The predicted octanol–water partition coefficient (Wildman–Crippen LogP) is 2.58. The van der Waals surface area contributed by atoms with Crippen LogP contribution in [0.5, 0.6) is 11.5 Å². The molecule has 0 heterocycles. The van der Waals surface area contributed by atoms with Crippen molar-refractivity contribution in [1.29, 1.82) is 5.26 Å². The van der Waals surface area contributed by atoms with Gasteiger partial charge < -0.3 is 9.84 Å². The van der Waals surface area contributed by atoms with E-state index in [1.807, 2.05) is 6.07 Å². The van der Waals surface area contributed by atoms with Crippen molar-refractivity contribution in [3.63, 3.8) is 0 Å². The van der Waals surface area contributed by atoms with Crippen molar-refractivity contribution in [3.05, 3.63) is 59.7 Å². The molecule has 2 aromatic rings. The molecule has 19 heavy (non-hydrogen) atoms. The summed E-state index contributed by atoms with van der Waals surface area (Å²) in [6, 6.07) is 14.8. The van der Waals surface area contributed by atoms with E-state index in [0.29, 0.717) is 23.2 Å². The summed E-state index contributed by atoms with van der Waals surface area (Å²) in [5, 5.41) is 17.9. The minimum absolute atomic E-state index is 0.133. The third-order valence-electron chi connectivity index (χ3n) is 2.59. The second kappa shape index (κ2) is 5.69. The molecule has 2 aromatic carbocycles. The Bertz CT molecular complexity index is 597. The molecule has 0 fully saturated rings. The number of phenolic OH excluding ortho intramolecular Hbond substituents is 1. The summed E-state index contributed by atoms with van der Waals surface area (Å²) in [5.74, 6) is 0.618. The topological polar surface area (TPSA) is 70.3 Å². The molecule has 1 N–H and O–H groups in total. The maximum atomic E-state index is 11.1. The molecule has 0 saturated carbocycles. The second-order valence-corrected chi connectivity index (χ2v) is 3.90. The average molecular weight is 253 g/mol. The second-order valence-electron chi connectivity index (χ2n) is 3.90. The molecule has 0 aliphatic heterocycles. The number of nitriles is 1. The highest BCUT2D eigenvalue weighted by Crippen LogP contribution is 2.22. The molecule has 0 aromatic heterocycles. The fraction of sp³-hybridized carbons (Fsp3) is 0.0667. The van der Waals surface area contributed by atoms with Crippen LogP contribution in [0.3, 0.4) is 0 Å². The Morgan fingerprint density at radius 3 is 2.26 bits per heavy atom. The van der Waals surface area contributed by atoms with E-state index >= 15 is 0 Å². The van der Waals surface area contributed by atoms with Gasteiger partial charge in [-0.15, -0.1) is 0 Å². The summed E-state index contributed by atoms with van der Waals surface area (Å²) in [7, 11) is 0. The van der Waals surface area contributed by atoms with Crippen LogP contribution in [-0.2, 0) is 4.79 Å². The van der Waals surface area contributed by atoms with Gasteiger partial charge in [-0.05, 0) is 42.0 Å². The minimum Gasteiger partial charge on any atom is -0.508 e. The van der Waals surface area contributed by atoms with Crippen molar-refractivity contribution >= 4 is 6.29 Å². The molecule has 4 heteroatoms. The Balaban J connectivity index is 2.17. The molecule has 0 saturated heterocycles. The molecule has 2 rings (SSSR count). The largest absolute Gasteiger partial charge is 0.508 e. The maximum absolute atomic E-state index is 11.1. The predicted molar refractivity (Wildman–Crippen MR) is 68.7 cm³/mol. The Kier molecular flexibility index (Phi) is 3.79. The number of hydrogen-bond donors (Lipinski definition) is 1. The Morgan fingerprint density at radius 2 is 1.74 bits per heavy atom. The number of carbonyl (C=O) groups is 1. The Morgan fingerprint density at radius 1 is 1.11 bits per heavy atom. The van der Waals surface area contributed by atoms with Gasteiger partial charge in [0.1, 0.15) is 11.5 Å². The molecule has 1 atom stereocenters. The number of hydrogen-bond acceptors (Lipinski definition) is 4. The van der Waals surface area contributed by atoms with Crippen LogP contribution in [0.1, 0.15) is 17.2 Å². The number of ether oxygens (including phenoxy) is 1.